The van der Waals surface area contributed by atoms with Crippen molar-refractivity contribution in [1.29, 1.82) is 0 Å². The average Bonchev–Trinajstić information content (AvgIpc) is 2.61. The topological polar surface area (TPSA) is 23.5 Å². The number of aliphatic hydroxyl groups excluding tert-OH is 1. The highest BCUT2D eigenvalue weighted by Gasteiger charge is 2.31. The molecular weight excluding hydrogens is 174 g/mol. The monoisotopic (exact) mass is 191 g/mol. The smallest absolute Gasteiger partial charge is 0.0478 e. The quantitative estimate of drug-likeness (QED) is 0.768. The maximum atomic E-state index is 9.29. The van der Waals surface area contributed by atoms with Crippen molar-refractivity contribution in [2.75, 3.05) is 20.2 Å². The zero-order chi connectivity index (χ0) is 9.97. The van der Waals surface area contributed by atoms with Gasteiger partial charge in [-0.15, -0.1) is 0 Å². The number of aliphatic hydroxyl groups is 1. The second-order valence-corrected chi connectivity index (χ2v) is 4.07. The molecule has 1 aromatic rings. The molecule has 0 aliphatic carbocycles. The Morgan fingerprint density at radius 1 is 1.36 bits per heavy atom. The number of hydrogen-bond donors (Lipinski definition) is 1. The molecule has 0 spiro atoms. The first-order valence-corrected chi connectivity index (χ1v) is 5.19. The molecule has 1 aliphatic heterocycles. The summed E-state index contributed by atoms with van der Waals surface area (Å²) < 4.78 is 0. The Hall–Kier alpha value is -0.860. The fourth-order valence-electron chi connectivity index (χ4n) is 2.39. The lowest BCUT2D eigenvalue weighted by Crippen LogP contribution is -2.22. The first kappa shape index (κ1) is 9.69. The molecule has 2 atom stereocenters. The number of likely N-dealkylation sites (tertiary alicyclic amines) is 1. The highest BCUT2D eigenvalue weighted by Crippen LogP contribution is 2.35. The Morgan fingerprint density at radius 2 is 2.07 bits per heavy atom. The number of benzene rings is 1. The van der Waals surface area contributed by atoms with Crippen LogP contribution < -0.4 is 0 Å². The lowest BCUT2D eigenvalue weighted by atomic mass is 9.95. The summed E-state index contributed by atoms with van der Waals surface area (Å²) in [5.41, 5.74) is 1.33. The molecule has 2 heteroatoms. The summed E-state index contributed by atoms with van der Waals surface area (Å²) in [4.78, 5) is 2.33. The standard InChI is InChI=1S/C12H17NO/c1-13-8-7-11(9-14)12(13)10-5-3-2-4-6-10/h2-6,11-12,14H,7-9H2,1H3/t11-,12-/m0/s1. The minimum atomic E-state index is 0.296. The van der Waals surface area contributed by atoms with E-state index in [1.54, 1.807) is 0 Å². The predicted octanol–water partition coefficient (Wildman–Crippen LogP) is 1.67. The summed E-state index contributed by atoms with van der Waals surface area (Å²) in [6, 6.07) is 10.9. The molecule has 1 fully saturated rings. The fourth-order valence-corrected chi connectivity index (χ4v) is 2.39. The van der Waals surface area contributed by atoms with E-state index in [1.807, 2.05) is 6.07 Å². The summed E-state index contributed by atoms with van der Waals surface area (Å²) in [5.74, 6) is 0.405. The van der Waals surface area contributed by atoms with Crippen LogP contribution in [0.5, 0.6) is 0 Å². The minimum Gasteiger partial charge on any atom is -0.396 e. The molecule has 0 unspecified atom stereocenters. The predicted molar refractivity (Wildman–Crippen MR) is 57.0 cm³/mol. The van der Waals surface area contributed by atoms with Crippen molar-refractivity contribution in [1.82, 2.24) is 4.90 Å². The van der Waals surface area contributed by atoms with Crippen molar-refractivity contribution < 1.29 is 5.11 Å². The largest absolute Gasteiger partial charge is 0.396 e. The van der Waals surface area contributed by atoms with Crippen molar-refractivity contribution in [2.24, 2.45) is 5.92 Å². The Labute approximate surface area is 85.2 Å². The van der Waals surface area contributed by atoms with Gasteiger partial charge in [-0.2, -0.15) is 0 Å². The Kier molecular flexibility index (Phi) is 2.85. The van der Waals surface area contributed by atoms with Crippen LogP contribution in [0, 0.1) is 5.92 Å². The van der Waals surface area contributed by atoms with Gasteiger partial charge in [0.2, 0.25) is 0 Å². The van der Waals surface area contributed by atoms with Gasteiger partial charge in [-0.3, -0.25) is 4.90 Å². The van der Waals surface area contributed by atoms with Crippen LogP contribution >= 0.6 is 0 Å². The Balaban J connectivity index is 2.23. The number of hydrogen-bond acceptors (Lipinski definition) is 2. The van der Waals surface area contributed by atoms with E-state index in [4.69, 9.17) is 0 Å². The lowest BCUT2D eigenvalue weighted by molar-refractivity contribution is 0.182. The van der Waals surface area contributed by atoms with Crippen LogP contribution in [0.25, 0.3) is 0 Å². The fraction of sp³-hybridized carbons (Fsp3) is 0.500. The molecular formula is C12H17NO. The Bertz CT molecular complexity index is 286. The van der Waals surface area contributed by atoms with Gasteiger partial charge in [-0.1, -0.05) is 30.3 Å². The van der Waals surface area contributed by atoms with Gasteiger partial charge >= 0.3 is 0 Å². The second kappa shape index (κ2) is 4.11. The first-order chi connectivity index (χ1) is 6.83. The van der Waals surface area contributed by atoms with Gasteiger partial charge in [0.05, 0.1) is 0 Å². The lowest BCUT2D eigenvalue weighted by Gasteiger charge is -2.24. The van der Waals surface area contributed by atoms with Crippen LogP contribution in [0.4, 0.5) is 0 Å². The van der Waals surface area contributed by atoms with Gasteiger partial charge in [0.15, 0.2) is 0 Å². The van der Waals surface area contributed by atoms with Crippen molar-refractivity contribution >= 4 is 0 Å². The van der Waals surface area contributed by atoms with Crippen molar-refractivity contribution in [3.63, 3.8) is 0 Å². The van der Waals surface area contributed by atoms with E-state index >= 15 is 0 Å². The molecule has 2 rings (SSSR count). The molecule has 0 aromatic heterocycles. The van der Waals surface area contributed by atoms with Crippen LogP contribution in [0.15, 0.2) is 30.3 Å². The highest BCUT2D eigenvalue weighted by molar-refractivity contribution is 5.20. The summed E-state index contributed by atoms with van der Waals surface area (Å²) in [6.45, 7) is 1.38. The summed E-state index contributed by atoms with van der Waals surface area (Å²) >= 11 is 0. The normalized spacial score (nSPS) is 28.1. The minimum absolute atomic E-state index is 0.296. The van der Waals surface area contributed by atoms with Crippen LogP contribution in [0.3, 0.4) is 0 Å². The van der Waals surface area contributed by atoms with Crippen LogP contribution in [0.1, 0.15) is 18.0 Å². The second-order valence-electron chi connectivity index (χ2n) is 4.07. The summed E-state index contributed by atoms with van der Waals surface area (Å²) in [7, 11) is 2.13. The molecule has 1 N–H and O–H groups in total. The molecule has 0 bridgehead atoms. The maximum absolute atomic E-state index is 9.29. The molecule has 1 saturated heterocycles. The van der Waals surface area contributed by atoms with Crippen LogP contribution in [0.2, 0.25) is 0 Å². The van der Waals surface area contributed by atoms with E-state index in [0.717, 1.165) is 13.0 Å². The van der Waals surface area contributed by atoms with Gasteiger partial charge in [0.1, 0.15) is 0 Å². The third-order valence-corrected chi connectivity index (χ3v) is 3.15. The molecule has 1 heterocycles. The van der Waals surface area contributed by atoms with Crippen molar-refractivity contribution in [2.45, 2.75) is 12.5 Å². The maximum Gasteiger partial charge on any atom is 0.0478 e. The third kappa shape index (κ3) is 1.68. The third-order valence-electron chi connectivity index (χ3n) is 3.15. The van der Waals surface area contributed by atoms with Crippen LogP contribution in [-0.4, -0.2) is 30.2 Å². The first-order valence-electron chi connectivity index (χ1n) is 5.19. The SMILES string of the molecule is CN1CC[C@@H](CO)[C@@H]1c1ccccc1. The number of nitrogens with zero attached hydrogens (tertiary/aromatic N) is 1. The molecule has 1 aliphatic rings. The summed E-state index contributed by atoms with van der Waals surface area (Å²) in [5, 5.41) is 9.29. The highest BCUT2D eigenvalue weighted by atomic mass is 16.3. The molecule has 76 valence electrons. The van der Waals surface area contributed by atoms with Gasteiger partial charge in [-0.05, 0) is 25.6 Å². The zero-order valence-corrected chi connectivity index (χ0v) is 8.56. The zero-order valence-electron chi connectivity index (χ0n) is 8.56. The van der Waals surface area contributed by atoms with Gasteiger partial charge in [0.25, 0.3) is 0 Å². The molecule has 2 nitrogen and oxygen atoms in total. The van der Waals surface area contributed by atoms with E-state index in [-0.39, 0.29) is 0 Å². The van der Waals surface area contributed by atoms with E-state index < -0.39 is 0 Å². The van der Waals surface area contributed by atoms with Gasteiger partial charge in [0, 0.05) is 18.6 Å². The van der Waals surface area contributed by atoms with Gasteiger partial charge < -0.3 is 5.11 Å². The molecule has 0 radical (unpaired) electrons. The Morgan fingerprint density at radius 3 is 2.71 bits per heavy atom. The number of rotatable bonds is 2. The molecule has 14 heavy (non-hydrogen) atoms. The van der Waals surface area contributed by atoms with E-state index in [1.165, 1.54) is 5.56 Å². The average molecular weight is 191 g/mol. The van der Waals surface area contributed by atoms with Crippen molar-refractivity contribution in [3.8, 4) is 0 Å². The van der Waals surface area contributed by atoms with Gasteiger partial charge in [-0.25, -0.2) is 0 Å². The van der Waals surface area contributed by atoms with Crippen molar-refractivity contribution in [3.05, 3.63) is 35.9 Å². The van der Waals surface area contributed by atoms with E-state index in [2.05, 4.69) is 36.2 Å². The summed E-state index contributed by atoms with van der Waals surface area (Å²) in [6.07, 6.45) is 1.10. The van der Waals surface area contributed by atoms with Crippen LogP contribution in [-0.2, 0) is 0 Å². The van der Waals surface area contributed by atoms with E-state index in [0.29, 0.717) is 18.6 Å². The molecule has 1 aromatic carbocycles. The van der Waals surface area contributed by atoms with E-state index in [9.17, 15) is 5.11 Å². The molecule has 0 saturated carbocycles. The molecule has 0 amide bonds.